The molecule has 1 heterocycles. The van der Waals surface area contributed by atoms with Crippen LogP contribution in [-0.2, 0) is 16.1 Å². The molecular weight excluding hydrogens is 406 g/mol. The van der Waals surface area contributed by atoms with Crippen LogP contribution in [0.15, 0.2) is 48.5 Å². The van der Waals surface area contributed by atoms with Crippen LogP contribution in [0, 0.1) is 12.8 Å². The third kappa shape index (κ3) is 6.55. The van der Waals surface area contributed by atoms with Gasteiger partial charge in [0.1, 0.15) is 0 Å². The number of carbonyl (C=O) groups is 3. The van der Waals surface area contributed by atoms with Gasteiger partial charge in [-0.1, -0.05) is 36.4 Å². The summed E-state index contributed by atoms with van der Waals surface area (Å²) >= 11 is 0. The molecule has 1 saturated heterocycles. The van der Waals surface area contributed by atoms with E-state index in [2.05, 4.69) is 15.5 Å². The first kappa shape index (κ1) is 23.3. The zero-order chi connectivity index (χ0) is 23.1. The lowest BCUT2D eigenvalue weighted by molar-refractivity contribution is -0.123. The Hall–Kier alpha value is -3.39. The molecule has 3 rings (SSSR count). The van der Waals surface area contributed by atoms with E-state index in [1.54, 1.807) is 0 Å². The number of anilines is 1. The number of rotatable bonds is 8. The van der Waals surface area contributed by atoms with Crippen LogP contribution >= 0.6 is 0 Å². The van der Waals surface area contributed by atoms with Gasteiger partial charge in [-0.05, 0) is 55.1 Å². The van der Waals surface area contributed by atoms with Crippen molar-refractivity contribution >= 4 is 23.5 Å². The van der Waals surface area contributed by atoms with Crippen LogP contribution < -0.4 is 22.1 Å². The van der Waals surface area contributed by atoms with Crippen molar-refractivity contribution in [1.29, 1.82) is 0 Å². The molecule has 8 heteroatoms. The second kappa shape index (κ2) is 10.8. The molecule has 2 aromatic rings. The van der Waals surface area contributed by atoms with E-state index in [1.807, 2.05) is 55.5 Å². The monoisotopic (exact) mass is 437 g/mol. The van der Waals surface area contributed by atoms with Crippen LogP contribution in [0.25, 0.3) is 0 Å². The average Bonchev–Trinajstić information content (AvgIpc) is 2.75. The zero-order valence-corrected chi connectivity index (χ0v) is 18.3. The summed E-state index contributed by atoms with van der Waals surface area (Å²) in [6.07, 6.45) is 1.88. The summed E-state index contributed by atoms with van der Waals surface area (Å²) in [5.74, 6) is -0.541. The predicted octanol–water partition coefficient (Wildman–Crippen LogP) is 2.43. The minimum atomic E-state index is -0.674. The van der Waals surface area contributed by atoms with Gasteiger partial charge in [0.25, 0.3) is 0 Å². The van der Waals surface area contributed by atoms with Crippen molar-refractivity contribution in [3.05, 3.63) is 65.2 Å². The Balaban J connectivity index is 1.58. The van der Waals surface area contributed by atoms with Gasteiger partial charge in [0.2, 0.25) is 11.8 Å². The van der Waals surface area contributed by atoms with Crippen molar-refractivity contribution in [2.24, 2.45) is 17.4 Å². The average molecular weight is 438 g/mol. The number of urea groups is 1. The highest BCUT2D eigenvalue weighted by Crippen LogP contribution is 2.22. The van der Waals surface area contributed by atoms with E-state index < -0.39 is 12.1 Å². The fourth-order valence-corrected chi connectivity index (χ4v) is 4.17. The van der Waals surface area contributed by atoms with E-state index in [9.17, 15) is 14.4 Å². The highest BCUT2D eigenvalue weighted by Gasteiger charge is 2.24. The smallest absolute Gasteiger partial charge is 0.312 e. The highest BCUT2D eigenvalue weighted by molar-refractivity contribution is 5.91. The number of carbonyl (C=O) groups excluding carboxylic acids is 3. The number of aryl methyl sites for hydroxylation is 1. The first-order chi connectivity index (χ1) is 15.3. The lowest BCUT2D eigenvalue weighted by Gasteiger charge is -2.31. The Labute approximate surface area is 188 Å². The van der Waals surface area contributed by atoms with Gasteiger partial charge in [-0.25, -0.2) is 4.79 Å². The lowest BCUT2D eigenvalue weighted by atomic mass is 9.97. The van der Waals surface area contributed by atoms with Crippen LogP contribution in [0.1, 0.15) is 42.0 Å². The Morgan fingerprint density at radius 1 is 1.09 bits per heavy atom. The molecule has 8 nitrogen and oxygen atoms in total. The summed E-state index contributed by atoms with van der Waals surface area (Å²) in [6.45, 7) is 4.28. The quantitative estimate of drug-likeness (QED) is 0.505. The van der Waals surface area contributed by atoms with Gasteiger partial charge in [0.05, 0.1) is 18.4 Å². The van der Waals surface area contributed by atoms with Crippen molar-refractivity contribution in [2.75, 3.05) is 18.4 Å². The van der Waals surface area contributed by atoms with E-state index in [-0.39, 0.29) is 24.2 Å². The lowest BCUT2D eigenvalue weighted by Crippen LogP contribution is -2.40. The van der Waals surface area contributed by atoms with Crippen LogP contribution in [-0.4, -0.2) is 35.8 Å². The molecule has 2 unspecified atom stereocenters. The van der Waals surface area contributed by atoms with Crippen molar-refractivity contribution in [1.82, 2.24) is 10.2 Å². The maximum Gasteiger partial charge on any atom is 0.312 e. The summed E-state index contributed by atoms with van der Waals surface area (Å²) in [4.78, 5) is 37.8. The zero-order valence-electron chi connectivity index (χ0n) is 18.3. The Kier molecular flexibility index (Phi) is 7.83. The summed E-state index contributed by atoms with van der Waals surface area (Å²) < 4.78 is 0. The van der Waals surface area contributed by atoms with Crippen LogP contribution in [0.5, 0.6) is 0 Å². The second-order valence-corrected chi connectivity index (χ2v) is 8.34. The van der Waals surface area contributed by atoms with Gasteiger partial charge in [0, 0.05) is 18.8 Å². The van der Waals surface area contributed by atoms with Crippen molar-refractivity contribution in [2.45, 2.75) is 38.8 Å². The van der Waals surface area contributed by atoms with Crippen LogP contribution in [0.3, 0.4) is 0 Å². The molecule has 0 aliphatic carbocycles. The molecule has 1 aliphatic rings. The predicted molar refractivity (Wildman–Crippen MR) is 124 cm³/mol. The molecule has 2 atom stereocenters. The van der Waals surface area contributed by atoms with Gasteiger partial charge in [-0.2, -0.15) is 0 Å². The van der Waals surface area contributed by atoms with E-state index in [1.165, 1.54) is 0 Å². The third-order valence-electron chi connectivity index (χ3n) is 5.82. The Morgan fingerprint density at radius 2 is 1.81 bits per heavy atom. The molecule has 0 aromatic heterocycles. The molecule has 0 radical (unpaired) electrons. The first-order valence-corrected chi connectivity index (χ1v) is 10.8. The van der Waals surface area contributed by atoms with Crippen LogP contribution in [0.4, 0.5) is 10.5 Å². The topological polar surface area (TPSA) is 131 Å². The number of nitrogens with zero attached hydrogens (tertiary/aromatic N) is 1. The number of piperidine rings is 1. The standard InChI is InChI=1S/C24H31N5O3/c1-16-5-2-3-7-20(16)21(28-24(26)32)13-22(30)27-19-10-8-17(9-11-19)14-29-12-4-6-18(15-29)23(25)31/h2-3,5,7-11,18,21H,4,6,12-15H2,1H3,(H2,25,31)(H,27,30)(H3,26,28,32). The maximum absolute atomic E-state index is 12.6. The number of hydrogen-bond donors (Lipinski definition) is 4. The van der Waals surface area contributed by atoms with Crippen LogP contribution in [0.2, 0.25) is 0 Å². The molecule has 4 amide bonds. The normalized spacial score (nSPS) is 17.3. The summed E-state index contributed by atoms with van der Waals surface area (Å²) in [6, 6.07) is 14.0. The molecule has 170 valence electrons. The minimum Gasteiger partial charge on any atom is -0.369 e. The van der Waals surface area contributed by atoms with Crippen molar-refractivity contribution in [3.63, 3.8) is 0 Å². The molecule has 32 heavy (non-hydrogen) atoms. The molecule has 0 bridgehead atoms. The summed E-state index contributed by atoms with van der Waals surface area (Å²) in [7, 11) is 0. The molecule has 2 aromatic carbocycles. The van der Waals surface area contributed by atoms with Gasteiger partial charge in [0.15, 0.2) is 0 Å². The third-order valence-corrected chi connectivity index (χ3v) is 5.82. The number of hydrogen-bond acceptors (Lipinski definition) is 4. The molecule has 0 spiro atoms. The van der Waals surface area contributed by atoms with Gasteiger partial charge in [-0.15, -0.1) is 0 Å². The first-order valence-electron chi connectivity index (χ1n) is 10.8. The number of nitrogens with one attached hydrogen (secondary N) is 2. The summed E-state index contributed by atoms with van der Waals surface area (Å²) in [5.41, 5.74) is 14.4. The molecule has 0 saturated carbocycles. The van der Waals surface area contributed by atoms with Crippen molar-refractivity contribution in [3.8, 4) is 0 Å². The Morgan fingerprint density at radius 3 is 2.47 bits per heavy atom. The SMILES string of the molecule is Cc1ccccc1C(CC(=O)Nc1ccc(CN2CCCC(C(N)=O)C2)cc1)NC(N)=O. The number of likely N-dealkylation sites (tertiary alicyclic amines) is 1. The van der Waals surface area contributed by atoms with E-state index >= 15 is 0 Å². The van der Waals surface area contributed by atoms with Gasteiger partial charge < -0.3 is 22.1 Å². The summed E-state index contributed by atoms with van der Waals surface area (Å²) in [5, 5.41) is 5.54. The van der Waals surface area contributed by atoms with Crippen molar-refractivity contribution < 1.29 is 14.4 Å². The highest BCUT2D eigenvalue weighted by atomic mass is 16.2. The number of amides is 4. The second-order valence-electron chi connectivity index (χ2n) is 8.34. The number of benzene rings is 2. The Bertz CT molecular complexity index is 960. The van der Waals surface area contributed by atoms with Gasteiger partial charge in [-0.3, -0.25) is 14.5 Å². The van der Waals surface area contributed by atoms with E-state index in [0.717, 1.165) is 42.6 Å². The molecule has 1 aliphatic heterocycles. The largest absolute Gasteiger partial charge is 0.369 e. The number of primary amides is 2. The molecule has 1 fully saturated rings. The number of nitrogens with two attached hydrogens (primary N) is 2. The van der Waals surface area contributed by atoms with E-state index in [0.29, 0.717) is 12.2 Å². The van der Waals surface area contributed by atoms with E-state index in [4.69, 9.17) is 11.5 Å². The fraction of sp³-hybridized carbons (Fsp3) is 0.375. The molecule has 6 N–H and O–H groups in total. The maximum atomic E-state index is 12.6. The molecular formula is C24H31N5O3. The van der Waals surface area contributed by atoms with Gasteiger partial charge >= 0.3 is 6.03 Å². The fourth-order valence-electron chi connectivity index (χ4n) is 4.17. The minimum absolute atomic E-state index is 0.0673.